The van der Waals surface area contributed by atoms with Crippen molar-refractivity contribution in [3.05, 3.63) is 18.2 Å². The van der Waals surface area contributed by atoms with Gasteiger partial charge >= 0.3 is 5.97 Å². The lowest BCUT2D eigenvalue weighted by Gasteiger charge is -2.28. The summed E-state index contributed by atoms with van der Waals surface area (Å²) >= 11 is 0. The minimum atomic E-state index is -1.05. The number of carboxylic acids is 1. The highest BCUT2D eigenvalue weighted by Gasteiger charge is 2.49. The lowest BCUT2D eigenvalue weighted by molar-refractivity contribution is -0.142. The quantitative estimate of drug-likeness (QED) is 0.603. The highest BCUT2D eigenvalue weighted by Crippen LogP contribution is 2.47. The molecule has 1 aromatic heterocycles. The zero-order valence-electron chi connectivity index (χ0n) is 11.7. The van der Waals surface area contributed by atoms with Crippen molar-refractivity contribution in [1.29, 1.82) is 0 Å². The Balaban J connectivity index is 1.65. The summed E-state index contributed by atoms with van der Waals surface area (Å²) in [6.07, 6.45) is 6.35. The molecule has 2 fully saturated rings. The number of hydrogen-bond donors (Lipinski definition) is 4. The Hall–Kier alpha value is -1.89. The Morgan fingerprint density at radius 1 is 1.48 bits per heavy atom. The Bertz CT molecular complexity index is 528. The van der Waals surface area contributed by atoms with Gasteiger partial charge in [0.05, 0.1) is 12.2 Å². The molecule has 2 saturated carbocycles. The van der Waals surface area contributed by atoms with Gasteiger partial charge in [-0.05, 0) is 31.1 Å². The number of carboxylic acid groups (broad SMARTS) is 1. The van der Waals surface area contributed by atoms with E-state index in [0.717, 1.165) is 19.3 Å². The molecule has 2 bridgehead atoms. The molecule has 5 N–H and O–H groups in total. The van der Waals surface area contributed by atoms with Crippen LogP contribution >= 0.6 is 0 Å². The summed E-state index contributed by atoms with van der Waals surface area (Å²) in [4.78, 5) is 30.4. The number of amides is 1. The van der Waals surface area contributed by atoms with Gasteiger partial charge in [-0.1, -0.05) is 0 Å². The number of carbonyl (C=O) groups excluding carboxylic acids is 1. The minimum Gasteiger partial charge on any atom is -0.480 e. The van der Waals surface area contributed by atoms with Crippen molar-refractivity contribution < 1.29 is 14.7 Å². The van der Waals surface area contributed by atoms with Gasteiger partial charge in [0.1, 0.15) is 6.04 Å². The summed E-state index contributed by atoms with van der Waals surface area (Å²) in [5.41, 5.74) is 6.81. The van der Waals surface area contributed by atoms with Crippen LogP contribution in [0, 0.1) is 17.8 Å². The predicted octanol–water partition coefficient (Wildman–Crippen LogP) is -0.105. The van der Waals surface area contributed by atoms with Gasteiger partial charge in [0, 0.05) is 24.4 Å². The molecule has 7 heteroatoms. The van der Waals surface area contributed by atoms with Crippen molar-refractivity contribution in [2.45, 2.75) is 37.8 Å². The minimum absolute atomic E-state index is 0.134. The number of carbonyl (C=O) groups is 2. The fourth-order valence-electron chi connectivity index (χ4n) is 3.81. The SMILES string of the molecule is NC1C2CCC(C2)C1C(=O)NC(Cc1cnc[nH]1)C(=O)O. The molecule has 1 heterocycles. The van der Waals surface area contributed by atoms with Crippen LogP contribution in [0.3, 0.4) is 0 Å². The van der Waals surface area contributed by atoms with Crippen LogP contribution in [0.5, 0.6) is 0 Å². The Morgan fingerprint density at radius 2 is 2.24 bits per heavy atom. The molecule has 0 radical (unpaired) electrons. The van der Waals surface area contributed by atoms with Gasteiger partial charge in [-0.3, -0.25) is 4.79 Å². The number of aliphatic carboxylic acids is 1. The molecule has 0 aliphatic heterocycles. The van der Waals surface area contributed by atoms with E-state index in [4.69, 9.17) is 5.73 Å². The molecular formula is C14H20N4O3. The molecule has 0 saturated heterocycles. The fraction of sp³-hybridized carbons (Fsp3) is 0.643. The number of nitrogens with one attached hydrogen (secondary N) is 2. The monoisotopic (exact) mass is 292 g/mol. The number of imidazole rings is 1. The van der Waals surface area contributed by atoms with Crippen LogP contribution in [0.15, 0.2) is 12.5 Å². The maximum absolute atomic E-state index is 12.4. The first-order chi connectivity index (χ1) is 10.1. The summed E-state index contributed by atoms with van der Waals surface area (Å²) in [6, 6.07) is -1.09. The van der Waals surface area contributed by atoms with Crippen LogP contribution in [-0.4, -0.2) is 39.0 Å². The summed E-state index contributed by atoms with van der Waals surface area (Å²) in [5.74, 6) is -0.781. The van der Waals surface area contributed by atoms with Gasteiger partial charge in [-0.2, -0.15) is 0 Å². The van der Waals surface area contributed by atoms with Crippen molar-refractivity contribution in [2.75, 3.05) is 0 Å². The third-order valence-electron chi connectivity index (χ3n) is 4.88. The van der Waals surface area contributed by atoms with E-state index < -0.39 is 12.0 Å². The number of aromatic nitrogens is 2. The Kier molecular flexibility index (Phi) is 3.67. The fourth-order valence-corrected chi connectivity index (χ4v) is 3.81. The van der Waals surface area contributed by atoms with E-state index in [9.17, 15) is 14.7 Å². The second-order valence-electron chi connectivity index (χ2n) is 6.12. The lowest BCUT2D eigenvalue weighted by atomic mass is 9.84. The second-order valence-corrected chi connectivity index (χ2v) is 6.12. The van der Waals surface area contributed by atoms with Gasteiger partial charge in [0.25, 0.3) is 0 Å². The topological polar surface area (TPSA) is 121 Å². The third kappa shape index (κ3) is 2.65. The highest BCUT2D eigenvalue weighted by molar-refractivity contribution is 5.86. The molecule has 7 nitrogen and oxygen atoms in total. The largest absolute Gasteiger partial charge is 0.480 e. The predicted molar refractivity (Wildman–Crippen MR) is 74.2 cm³/mol. The molecule has 0 aromatic carbocycles. The van der Waals surface area contributed by atoms with Crippen molar-refractivity contribution in [3.8, 4) is 0 Å². The number of rotatable bonds is 5. The van der Waals surface area contributed by atoms with Crippen LogP contribution in [0.1, 0.15) is 25.0 Å². The number of fused-ring (bicyclic) bond motifs is 2. The summed E-state index contributed by atoms with van der Waals surface area (Å²) in [5, 5.41) is 11.9. The van der Waals surface area contributed by atoms with Crippen molar-refractivity contribution in [1.82, 2.24) is 15.3 Å². The van der Waals surface area contributed by atoms with E-state index in [2.05, 4.69) is 15.3 Å². The van der Waals surface area contributed by atoms with E-state index in [1.54, 1.807) is 6.20 Å². The molecule has 1 aromatic rings. The molecule has 21 heavy (non-hydrogen) atoms. The maximum atomic E-state index is 12.4. The van der Waals surface area contributed by atoms with Gasteiger partial charge < -0.3 is 21.1 Å². The van der Waals surface area contributed by atoms with Gasteiger partial charge in [-0.25, -0.2) is 9.78 Å². The van der Waals surface area contributed by atoms with Gasteiger partial charge in [0.15, 0.2) is 0 Å². The average Bonchev–Trinajstić information content (AvgIpc) is 3.13. The smallest absolute Gasteiger partial charge is 0.326 e. The Labute approximate surface area is 122 Å². The molecule has 114 valence electrons. The highest BCUT2D eigenvalue weighted by atomic mass is 16.4. The molecule has 5 unspecified atom stereocenters. The molecule has 1 amide bonds. The van der Waals surface area contributed by atoms with Crippen LogP contribution in [0.25, 0.3) is 0 Å². The molecule has 2 aliphatic carbocycles. The van der Waals surface area contributed by atoms with Gasteiger partial charge in [0.2, 0.25) is 5.91 Å². The number of nitrogens with zero attached hydrogens (tertiary/aromatic N) is 1. The Morgan fingerprint density at radius 3 is 2.81 bits per heavy atom. The molecule has 5 atom stereocenters. The summed E-state index contributed by atoms with van der Waals surface area (Å²) in [7, 11) is 0. The maximum Gasteiger partial charge on any atom is 0.326 e. The van der Waals surface area contributed by atoms with E-state index in [1.165, 1.54) is 6.33 Å². The number of aromatic amines is 1. The van der Waals surface area contributed by atoms with Crippen molar-refractivity contribution >= 4 is 11.9 Å². The molecule has 3 rings (SSSR count). The zero-order valence-corrected chi connectivity index (χ0v) is 11.7. The first-order valence-corrected chi connectivity index (χ1v) is 7.32. The number of H-pyrrole nitrogens is 1. The molecule has 2 aliphatic rings. The van der Waals surface area contributed by atoms with E-state index in [-0.39, 0.29) is 24.3 Å². The van der Waals surface area contributed by atoms with Crippen LogP contribution < -0.4 is 11.1 Å². The molecule has 0 spiro atoms. The van der Waals surface area contributed by atoms with Crippen LogP contribution in [0.4, 0.5) is 0 Å². The standard InChI is InChI=1S/C14H20N4O3/c15-12-8-2-1-7(3-8)11(12)13(19)18-10(14(20)21)4-9-5-16-6-17-9/h5-8,10-12H,1-4,15H2,(H,16,17)(H,18,19)(H,20,21). The van der Waals surface area contributed by atoms with Crippen LogP contribution in [0.2, 0.25) is 0 Å². The van der Waals surface area contributed by atoms with E-state index >= 15 is 0 Å². The van der Waals surface area contributed by atoms with E-state index in [0.29, 0.717) is 17.5 Å². The first-order valence-electron chi connectivity index (χ1n) is 7.32. The summed E-state index contributed by atoms with van der Waals surface area (Å²) in [6.45, 7) is 0. The molecular weight excluding hydrogens is 272 g/mol. The number of hydrogen-bond acceptors (Lipinski definition) is 4. The third-order valence-corrected chi connectivity index (χ3v) is 4.88. The van der Waals surface area contributed by atoms with Crippen molar-refractivity contribution in [3.63, 3.8) is 0 Å². The zero-order chi connectivity index (χ0) is 15.0. The first kappa shape index (κ1) is 14.1. The van der Waals surface area contributed by atoms with Crippen molar-refractivity contribution in [2.24, 2.45) is 23.5 Å². The van der Waals surface area contributed by atoms with E-state index in [1.807, 2.05) is 0 Å². The second kappa shape index (κ2) is 5.48. The van der Waals surface area contributed by atoms with Gasteiger partial charge in [-0.15, -0.1) is 0 Å². The number of nitrogens with two attached hydrogens (primary N) is 1. The normalized spacial score (nSPS) is 32.0. The average molecular weight is 292 g/mol. The summed E-state index contributed by atoms with van der Waals surface area (Å²) < 4.78 is 0. The lowest BCUT2D eigenvalue weighted by Crippen LogP contribution is -2.50. The van der Waals surface area contributed by atoms with Crippen LogP contribution in [-0.2, 0) is 16.0 Å².